The maximum atomic E-state index is 11.4. The van der Waals surface area contributed by atoms with E-state index in [2.05, 4.69) is 5.32 Å². The van der Waals surface area contributed by atoms with Crippen LogP contribution in [0.15, 0.2) is 0 Å². The normalized spacial score (nSPS) is 28.5. The van der Waals surface area contributed by atoms with Crippen LogP contribution in [0, 0.1) is 5.92 Å². The second-order valence-electron chi connectivity index (χ2n) is 3.59. The highest BCUT2D eigenvalue weighted by Crippen LogP contribution is 2.23. The van der Waals surface area contributed by atoms with E-state index in [0.717, 1.165) is 25.7 Å². The molecule has 1 aliphatic rings. The number of nitrogens with two attached hydrogens (primary N) is 1. The first-order chi connectivity index (χ1) is 6.24. The summed E-state index contributed by atoms with van der Waals surface area (Å²) in [5.74, 6) is 0.187. The molecular formula is C9H18N2O2. The molecule has 1 aliphatic carbocycles. The predicted molar refractivity (Wildman–Crippen MR) is 50.0 cm³/mol. The van der Waals surface area contributed by atoms with E-state index in [1.165, 1.54) is 0 Å². The Balaban J connectivity index is 2.23. The zero-order chi connectivity index (χ0) is 9.68. The molecule has 1 fully saturated rings. The summed E-state index contributed by atoms with van der Waals surface area (Å²) in [6.45, 7) is 1.04. The van der Waals surface area contributed by atoms with Crippen molar-refractivity contribution in [2.24, 2.45) is 11.7 Å². The van der Waals surface area contributed by atoms with Crippen LogP contribution in [0.1, 0.15) is 25.7 Å². The topological polar surface area (TPSA) is 75.3 Å². The van der Waals surface area contributed by atoms with Gasteiger partial charge in [-0.1, -0.05) is 0 Å². The Morgan fingerprint density at radius 3 is 2.54 bits per heavy atom. The van der Waals surface area contributed by atoms with Gasteiger partial charge in [0.2, 0.25) is 5.91 Å². The van der Waals surface area contributed by atoms with Crippen LogP contribution in [0.5, 0.6) is 0 Å². The Bertz CT molecular complexity index is 165. The van der Waals surface area contributed by atoms with Gasteiger partial charge >= 0.3 is 0 Å². The lowest BCUT2D eigenvalue weighted by molar-refractivity contribution is -0.126. The molecule has 4 nitrogen and oxygen atoms in total. The van der Waals surface area contributed by atoms with E-state index >= 15 is 0 Å². The number of rotatable bonds is 3. The molecule has 4 heteroatoms. The lowest BCUT2D eigenvalue weighted by Crippen LogP contribution is -2.36. The number of nitrogens with one attached hydrogen (secondary N) is 1. The number of aliphatic hydroxyl groups is 1. The number of hydrogen-bond acceptors (Lipinski definition) is 3. The van der Waals surface area contributed by atoms with Gasteiger partial charge < -0.3 is 16.2 Å². The molecular weight excluding hydrogens is 168 g/mol. The Hall–Kier alpha value is -0.610. The third kappa shape index (κ3) is 3.32. The highest BCUT2D eigenvalue weighted by molar-refractivity contribution is 5.78. The van der Waals surface area contributed by atoms with E-state index in [-0.39, 0.29) is 17.9 Å². The molecule has 0 radical (unpaired) electrons. The van der Waals surface area contributed by atoms with Crippen LogP contribution in [0.2, 0.25) is 0 Å². The van der Waals surface area contributed by atoms with Gasteiger partial charge in [0.05, 0.1) is 6.10 Å². The molecule has 0 spiro atoms. The van der Waals surface area contributed by atoms with Crippen LogP contribution in [0.3, 0.4) is 0 Å². The van der Waals surface area contributed by atoms with Crippen molar-refractivity contribution >= 4 is 5.91 Å². The standard InChI is InChI=1S/C9H18N2O2/c10-5-6-11-9(13)7-1-3-8(12)4-2-7/h7-8,12H,1-6,10H2,(H,11,13)/t7-,8+. The van der Waals surface area contributed by atoms with Gasteiger partial charge in [0, 0.05) is 19.0 Å². The minimum atomic E-state index is -0.196. The van der Waals surface area contributed by atoms with Crippen LogP contribution >= 0.6 is 0 Å². The SMILES string of the molecule is NCCNC(=O)[C@H]1CC[C@@H](O)CC1. The number of hydrogen-bond donors (Lipinski definition) is 3. The number of aliphatic hydroxyl groups excluding tert-OH is 1. The summed E-state index contributed by atoms with van der Waals surface area (Å²) in [6, 6.07) is 0. The van der Waals surface area contributed by atoms with Gasteiger partial charge in [0.25, 0.3) is 0 Å². The minimum absolute atomic E-state index is 0.0925. The van der Waals surface area contributed by atoms with E-state index in [1.807, 2.05) is 0 Å². The van der Waals surface area contributed by atoms with Gasteiger partial charge in [0.15, 0.2) is 0 Å². The average Bonchev–Trinajstić information content (AvgIpc) is 2.15. The molecule has 1 amide bonds. The van der Waals surface area contributed by atoms with E-state index in [0.29, 0.717) is 13.1 Å². The highest BCUT2D eigenvalue weighted by atomic mass is 16.3. The number of carbonyl (C=O) groups is 1. The molecule has 13 heavy (non-hydrogen) atoms. The third-order valence-corrected chi connectivity index (χ3v) is 2.51. The first-order valence-electron chi connectivity index (χ1n) is 4.90. The monoisotopic (exact) mass is 186 g/mol. The van der Waals surface area contributed by atoms with E-state index in [9.17, 15) is 9.90 Å². The molecule has 1 saturated carbocycles. The smallest absolute Gasteiger partial charge is 0.223 e. The lowest BCUT2D eigenvalue weighted by Gasteiger charge is -2.24. The fourth-order valence-electron chi connectivity index (χ4n) is 1.68. The summed E-state index contributed by atoms with van der Waals surface area (Å²) < 4.78 is 0. The van der Waals surface area contributed by atoms with Gasteiger partial charge in [-0.05, 0) is 25.7 Å². The van der Waals surface area contributed by atoms with Crippen molar-refractivity contribution in [3.05, 3.63) is 0 Å². The van der Waals surface area contributed by atoms with Crippen molar-refractivity contribution in [3.8, 4) is 0 Å². The third-order valence-electron chi connectivity index (χ3n) is 2.51. The summed E-state index contributed by atoms with van der Waals surface area (Å²) in [6.07, 6.45) is 2.91. The fraction of sp³-hybridized carbons (Fsp3) is 0.889. The van der Waals surface area contributed by atoms with Crippen LogP contribution < -0.4 is 11.1 Å². The summed E-state index contributed by atoms with van der Waals surface area (Å²) in [5, 5.41) is 12.0. The van der Waals surface area contributed by atoms with Crippen molar-refractivity contribution in [1.29, 1.82) is 0 Å². The summed E-state index contributed by atoms with van der Waals surface area (Å²) in [7, 11) is 0. The fourth-order valence-corrected chi connectivity index (χ4v) is 1.68. The van der Waals surface area contributed by atoms with Crippen LogP contribution in [-0.2, 0) is 4.79 Å². The van der Waals surface area contributed by atoms with E-state index < -0.39 is 0 Å². The van der Waals surface area contributed by atoms with Crippen molar-refractivity contribution < 1.29 is 9.90 Å². The zero-order valence-electron chi connectivity index (χ0n) is 7.83. The van der Waals surface area contributed by atoms with Gasteiger partial charge in [-0.15, -0.1) is 0 Å². The maximum Gasteiger partial charge on any atom is 0.223 e. The first kappa shape index (κ1) is 10.5. The van der Waals surface area contributed by atoms with Gasteiger partial charge in [-0.3, -0.25) is 4.79 Å². The maximum absolute atomic E-state index is 11.4. The predicted octanol–water partition coefficient (Wildman–Crippen LogP) is -0.388. The number of carbonyl (C=O) groups excluding carboxylic acids is 1. The van der Waals surface area contributed by atoms with Crippen LogP contribution in [0.4, 0.5) is 0 Å². The quantitative estimate of drug-likeness (QED) is 0.562. The van der Waals surface area contributed by atoms with Gasteiger partial charge in [-0.2, -0.15) is 0 Å². The van der Waals surface area contributed by atoms with Crippen molar-refractivity contribution in [2.45, 2.75) is 31.8 Å². The second-order valence-corrected chi connectivity index (χ2v) is 3.59. The zero-order valence-corrected chi connectivity index (χ0v) is 7.83. The Morgan fingerprint density at radius 1 is 1.38 bits per heavy atom. The molecule has 76 valence electrons. The van der Waals surface area contributed by atoms with E-state index in [4.69, 9.17) is 5.73 Å². The molecule has 0 aromatic rings. The molecule has 0 saturated heterocycles. The molecule has 0 atom stereocenters. The van der Waals surface area contributed by atoms with E-state index in [1.54, 1.807) is 0 Å². The molecule has 0 aromatic heterocycles. The molecule has 0 aliphatic heterocycles. The number of amides is 1. The van der Waals surface area contributed by atoms with Crippen molar-refractivity contribution in [3.63, 3.8) is 0 Å². The molecule has 0 unspecified atom stereocenters. The molecule has 4 N–H and O–H groups in total. The second kappa shape index (κ2) is 5.19. The molecule has 0 aromatic carbocycles. The summed E-state index contributed by atoms with van der Waals surface area (Å²) >= 11 is 0. The summed E-state index contributed by atoms with van der Waals surface area (Å²) in [5.41, 5.74) is 5.27. The Kier molecular flexibility index (Phi) is 4.18. The van der Waals surface area contributed by atoms with Crippen LogP contribution in [0.25, 0.3) is 0 Å². The van der Waals surface area contributed by atoms with Crippen molar-refractivity contribution in [2.75, 3.05) is 13.1 Å². The molecule has 0 bridgehead atoms. The molecule has 1 rings (SSSR count). The lowest BCUT2D eigenvalue weighted by atomic mass is 9.87. The van der Waals surface area contributed by atoms with Crippen LogP contribution in [-0.4, -0.2) is 30.2 Å². The highest BCUT2D eigenvalue weighted by Gasteiger charge is 2.24. The molecule has 0 heterocycles. The van der Waals surface area contributed by atoms with Gasteiger partial charge in [-0.25, -0.2) is 0 Å². The Morgan fingerprint density at radius 2 is 2.00 bits per heavy atom. The Labute approximate surface area is 78.5 Å². The largest absolute Gasteiger partial charge is 0.393 e. The first-order valence-corrected chi connectivity index (χ1v) is 4.90. The summed E-state index contributed by atoms with van der Waals surface area (Å²) in [4.78, 5) is 11.4. The van der Waals surface area contributed by atoms with Gasteiger partial charge in [0.1, 0.15) is 0 Å². The average molecular weight is 186 g/mol. The van der Waals surface area contributed by atoms with Crippen molar-refractivity contribution in [1.82, 2.24) is 5.32 Å². The minimum Gasteiger partial charge on any atom is -0.393 e.